The molecule has 2 aromatic carbocycles. The van der Waals surface area contributed by atoms with Crippen molar-refractivity contribution in [2.24, 2.45) is 5.92 Å². The van der Waals surface area contributed by atoms with E-state index >= 15 is 0 Å². The van der Waals surface area contributed by atoms with Gasteiger partial charge in [0.05, 0.1) is 0 Å². The molecule has 3 fully saturated rings. The molecule has 1 atom stereocenters. The molecule has 4 aromatic rings. The number of carbonyl (C=O) groups is 2. The summed E-state index contributed by atoms with van der Waals surface area (Å²) in [5.74, 6) is 1.57. The highest BCUT2D eigenvalue weighted by atomic mass is 16.2. The number of Topliss-reactive ketones (excluding diaryl/α,β-unsaturated/α-hetero) is 1. The lowest BCUT2D eigenvalue weighted by Crippen LogP contribution is -2.49. The quantitative estimate of drug-likeness (QED) is 0.149. The molecule has 10 heteroatoms. The molecule has 1 amide bonds. The molecule has 53 heavy (non-hydrogen) atoms. The van der Waals surface area contributed by atoms with Crippen molar-refractivity contribution in [3.63, 3.8) is 0 Å². The Morgan fingerprint density at radius 1 is 0.887 bits per heavy atom. The molecule has 0 bridgehead atoms. The van der Waals surface area contributed by atoms with Crippen LogP contribution in [0.25, 0.3) is 11.0 Å². The monoisotopic (exact) mass is 718 g/mol. The van der Waals surface area contributed by atoms with Crippen molar-refractivity contribution in [3.05, 3.63) is 72.1 Å². The van der Waals surface area contributed by atoms with Crippen LogP contribution < -0.4 is 15.1 Å². The normalized spacial score (nSPS) is 18.1. The lowest BCUT2D eigenvalue weighted by molar-refractivity contribution is -0.118. The van der Waals surface area contributed by atoms with Gasteiger partial charge in [0.2, 0.25) is 5.95 Å². The molecule has 10 nitrogen and oxygen atoms in total. The molecular weight excluding hydrogens is 661 g/mol. The first-order valence-electron chi connectivity index (χ1n) is 20.1. The van der Waals surface area contributed by atoms with Crippen LogP contribution in [0.5, 0.6) is 0 Å². The van der Waals surface area contributed by atoms with Crippen molar-refractivity contribution in [1.29, 1.82) is 0 Å². The summed E-state index contributed by atoms with van der Waals surface area (Å²) < 4.78 is 2.16. The molecular formula is C43H58N8O2. The number of anilines is 4. The number of hydrogen-bond donors (Lipinski definition) is 1. The van der Waals surface area contributed by atoms with Gasteiger partial charge in [-0.1, -0.05) is 44.7 Å². The van der Waals surface area contributed by atoms with Gasteiger partial charge in [0.25, 0.3) is 5.91 Å². The third-order valence-corrected chi connectivity index (χ3v) is 11.9. The summed E-state index contributed by atoms with van der Waals surface area (Å²) in [7, 11) is 3.60. The first kappa shape index (κ1) is 36.9. The first-order chi connectivity index (χ1) is 25.8. The molecule has 1 N–H and O–H groups in total. The average Bonchev–Trinajstić information content (AvgIpc) is 3.84. The minimum absolute atomic E-state index is 0.00240. The highest BCUT2D eigenvalue weighted by Gasteiger charge is 2.28. The third-order valence-electron chi connectivity index (χ3n) is 11.9. The summed E-state index contributed by atoms with van der Waals surface area (Å²) in [5.41, 5.74) is 6.16. The smallest absolute Gasteiger partial charge is 0.270 e. The Morgan fingerprint density at radius 2 is 1.60 bits per heavy atom. The number of unbranched alkanes of at least 4 members (excludes halogenated alkanes) is 1. The molecule has 1 aliphatic carbocycles. The van der Waals surface area contributed by atoms with Crippen molar-refractivity contribution in [1.82, 2.24) is 24.3 Å². The van der Waals surface area contributed by atoms with E-state index in [0.29, 0.717) is 17.7 Å². The van der Waals surface area contributed by atoms with Gasteiger partial charge in [0.15, 0.2) is 0 Å². The summed E-state index contributed by atoms with van der Waals surface area (Å²) >= 11 is 0. The number of nitrogens with one attached hydrogen (secondary N) is 1. The Kier molecular flexibility index (Phi) is 11.6. The van der Waals surface area contributed by atoms with Crippen LogP contribution in [0.1, 0.15) is 99.6 Å². The number of fused-ring (bicyclic) bond motifs is 1. The number of hydrogen-bond acceptors (Lipinski definition) is 8. The van der Waals surface area contributed by atoms with Crippen molar-refractivity contribution >= 4 is 45.7 Å². The number of piperazine rings is 1. The van der Waals surface area contributed by atoms with Crippen LogP contribution in [0.4, 0.5) is 23.0 Å². The summed E-state index contributed by atoms with van der Waals surface area (Å²) in [4.78, 5) is 44.3. The van der Waals surface area contributed by atoms with Gasteiger partial charge in [0, 0.05) is 101 Å². The zero-order valence-electron chi connectivity index (χ0n) is 32.3. The van der Waals surface area contributed by atoms with E-state index in [9.17, 15) is 9.59 Å². The lowest BCUT2D eigenvalue weighted by atomic mass is 9.89. The van der Waals surface area contributed by atoms with E-state index < -0.39 is 0 Å². The number of amides is 1. The predicted octanol–water partition coefficient (Wildman–Crippen LogP) is 7.89. The summed E-state index contributed by atoms with van der Waals surface area (Å²) in [6.07, 6.45) is 11.9. The second kappa shape index (κ2) is 16.7. The maximum atomic E-state index is 13.1. The van der Waals surface area contributed by atoms with Crippen LogP contribution in [0.2, 0.25) is 0 Å². The van der Waals surface area contributed by atoms with E-state index in [0.717, 1.165) is 94.0 Å². The van der Waals surface area contributed by atoms with Crippen molar-refractivity contribution in [3.8, 4) is 0 Å². The topological polar surface area (TPSA) is 89.8 Å². The Balaban J connectivity index is 0.902. The molecule has 0 radical (unpaired) electrons. The number of carbonyl (C=O) groups excluding carboxylic acids is 2. The number of ketones is 1. The van der Waals surface area contributed by atoms with E-state index in [1.807, 2.05) is 12.3 Å². The first-order valence-corrected chi connectivity index (χ1v) is 20.1. The van der Waals surface area contributed by atoms with Crippen LogP contribution in [-0.4, -0.2) is 95.9 Å². The Bertz CT molecular complexity index is 1850. The molecule has 2 saturated heterocycles. The maximum Gasteiger partial charge on any atom is 0.270 e. The van der Waals surface area contributed by atoms with Gasteiger partial charge in [-0.2, -0.15) is 4.98 Å². The van der Waals surface area contributed by atoms with E-state index in [2.05, 4.69) is 85.0 Å². The van der Waals surface area contributed by atoms with Gasteiger partial charge in [-0.15, -0.1) is 0 Å². The van der Waals surface area contributed by atoms with Gasteiger partial charge in [-0.05, 0) is 93.0 Å². The number of benzene rings is 2. The maximum absolute atomic E-state index is 13.1. The van der Waals surface area contributed by atoms with Crippen molar-refractivity contribution < 1.29 is 9.59 Å². The minimum Gasteiger partial charge on any atom is -0.372 e. The van der Waals surface area contributed by atoms with Gasteiger partial charge in [0.1, 0.15) is 17.1 Å². The minimum atomic E-state index is 0.00240. The second-order valence-electron chi connectivity index (χ2n) is 15.8. The van der Waals surface area contributed by atoms with E-state index in [-0.39, 0.29) is 17.6 Å². The molecule has 2 aliphatic heterocycles. The molecule has 0 spiro atoms. The van der Waals surface area contributed by atoms with Gasteiger partial charge in [-0.25, -0.2) is 4.98 Å². The second-order valence-corrected chi connectivity index (χ2v) is 15.8. The average molecular weight is 719 g/mol. The Labute approximate surface area is 315 Å². The highest BCUT2D eigenvalue weighted by molar-refractivity contribution is 5.98. The van der Waals surface area contributed by atoms with Gasteiger partial charge >= 0.3 is 0 Å². The van der Waals surface area contributed by atoms with E-state index in [1.165, 1.54) is 49.2 Å². The van der Waals surface area contributed by atoms with Gasteiger partial charge in [-0.3, -0.25) is 14.5 Å². The van der Waals surface area contributed by atoms with Gasteiger partial charge < -0.3 is 24.6 Å². The zero-order chi connectivity index (χ0) is 36.9. The van der Waals surface area contributed by atoms with Crippen LogP contribution in [-0.2, 0) is 4.79 Å². The summed E-state index contributed by atoms with van der Waals surface area (Å²) in [6.45, 7) is 11.5. The molecule has 2 aromatic heterocycles. The highest BCUT2D eigenvalue weighted by Crippen LogP contribution is 2.35. The number of rotatable bonds is 13. The number of piperidine rings is 1. The standard InChI is InChI=1S/C43H58N8O2/c1-5-6-14-39(31(2)52)33-10-9-13-38(27-33)49-21-19-32(20-22-49)30-48-23-25-50(26-24-48)36-17-15-35(16-18-36)45-43-44-29-34-28-40(42(53)47(3)4)51(41(34)46-43)37-11-7-8-12-37/h9-10,13,15-18,27-29,32,37,39H,5-8,11-12,14,19-26,30H2,1-4H3,(H,44,45,46). The summed E-state index contributed by atoms with van der Waals surface area (Å²) in [5, 5.41) is 4.32. The Morgan fingerprint density at radius 3 is 2.28 bits per heavy atom. The molecule has 1 unspecified atom stereocenters. The fourth-order valence-corrected chi connectivity index (χ4v) is 8.76. The largest absolute Gasteiger partial charge is 0.372 e. The van der Waals surface area contributed by atoms with E-state index in [4.69, 9.17) is 4.98 Å². The fourth-order valence-electron chi connectivity index (χ4n) is 8.76. The Hall–Kier alpha value is -4.44. The van der Waals surface area contributed by atoms with Crippen LogP contribution in [0.15, 0.2) is 60.8 Å². The van der Waals surface area contributed by atoms with Crippen LogP contribution in [0, 0.1) is 5.92 Å². The third kappa shape index (κ3) is 8.53. The number of nitrogens with zero attached hydrogens (tertiary/aromatic N) is 7. The molecule has 1 saturated carbocycles. The summed E-state index contributed by atoms with van der Waals surface area (Å²) in [6, 6.07) is 19.6. The molecule has 7 rings (SSSR count). The molecule has 282 valence electrons. The van der Waals surface area contributed by atoms with Crippen LogP contribution in [0.3, 0.4) is 0 Å². The van der Waals surface area contributed by atoms with Crippen LogP contribution >= 0.6 is 0 Å². The number of aromatic nitrogens is 3. The zero-order valence-corrected chi connectivity index (χ0v) is 32.3. The van der Waals surface area contributed by atoms with E-state index in [1.54, 1.807) is 25.9 Å². The van der Waals surface area contributed by atoms with Crippen molar-refractivity contribution in [2.75, 3.05) is 75.0 Å². The lowest BCUT2D eigenvalue weighted by Gasteiger charge is -2.40. The van der Waals surface area contributed by atoms with Crippen molar-refractivity contribution in [2.45, 2.75) is 83.6 Å². The fraction of sp³-hybridized carbons (Fsp3) is 0.535. The predicted molar refractivity (Wildman–Crippen MR) is 216 cm³/mol. The molecule has 4 heterocycles. The SMILES string of the molecule is CCCCC(C(C)=O)c1cccc(N2CCC(CN3CCN(c4ccc(Nc5ncc6cc(C(=O)N(C)C)n(C7CCCC7)c6n5)cc4)CC3)CC2)c1. The molecule has 3 aliphatic rings.